The van der Waals surface area contributed by atoms with Crippen LogP contribution in [0.5, 0.6) is 0 Å². The molecule has 198 valence electrons. The zero-order valence-corrected chi connectivity index (χ0v) is 20.8. The molecule has 4 atom stereocenters. The van der Waals surface area contributed by atoms with Crippen LogP contribution in [-0.4, -0.2) is 35.8 Å². The Morgan fingerprint density at radius 2 is 1.76 bits per heavy atom. The summed E-state index contributed by atoms with van der Waals surface area (Å²) in [6.07, 6.45) is 0.186. The van der Waals surface area contributed by atoms with E-state index in [0.29, 0.717) is 12.5 Å². The summed E-state index contributed by atoms with van der Waals surface area (Å²) in [6, 6.07) is 3.22. The Hall–Kier alpha value is -3.43. The summed E-state index contributed by atoms with van der Waals surface area (Å²) in [5, 5.41) is 5.26. The molecule has 1 fully saturated rings. The maximum absolute atomic E-state index is 14.8. The van der Waals surface area contributed by atoms with Gasteiger partial charge in [-0.05, 0) is 50.7 Å². The summed E-state index contributed by atoms with van der Waals surface area (Å²) in [6.45, 7) is 5.08. The fourth-order valence-corrected chi connectivity index (χ4v) is 4.79. The van der Waals surface area contributed by atoms with E-state index in [-0.39, 0.29) is 53.8 Å². The zero-order chi connectivity index (χ0) is 27.0. The van der Waals surface area contributed by atoms with Gasteiger partial charge < -0.3 is 15.5 Å². The molecule has 4 rings (SSSR count). The molecule has 2 N–H and O–H groups in total. The number of nitrogens with one attached hydrogen (secondary N) is 2. The van der Waals surface area contributed by atoms with Crippen molar-refractivity contribution in [3.8, 4) is 0 Å². The summed E-state index contributed by atoms with van der Waals surface area (Å²) < 4.78 is 57.7. The lowest BCUT2D eigenvalue weighted by molar-refractivity contribution is -0.132. The molecule has 2 aliphatic rings. The van der Waals surface area contributed by atoms with Crippen molar-refractivity contribution in [2.24, 2.45) is 11.8 Å². The number of benzene rings is 2. The SMILES string of the molecule is CC1CC1C(=O)NC(Cc1ccccc1F)C(=O)NC1CCc2c(F)c(F)cc(F)c2N(C(C)C)C1=O. The van der Waals surface area contributed by atoms with Crippen molar-refractivity contribution < 1.29 is 31.9 Å². The average molecular weight is 520 g/mol. The van der Waals surface area contributed by atoms with Crippen LogP contribution >= 0.6 is 0 Å². The van der Waals surface area contributed by atoms with E-state index in [1.807, 2.05) is 6.92 Å². The highest BCUT2D eigenvalue weighted by atomic mass is 19.2. The molecule has 0 radical (unpaired) electrons. The Kier molecular flexibility index (Phi) is 7.57. The van der Waals surface area contributed by atoms with Gasteiger partial charge in [-0.15, -0.1) is 0 Å². The predicted octanol–water partition coefficient (Wildman–Crippen LogP) is 3.80. The van der Waals surface area contributed by atoms with Crippen LogP contribution in [0.2, 0.25) is 0 Å². The van der Waals surface area contributed by atoms with Crippen LogP contribution < -0.4 is 15.5 Å². The first-order valence-corrected chi connectivity index (χ1v) is 12.3. The number of carbonyl (C=O) groups excluding carboxylic acids is 3. The highest BCUT2D eigenvalue weighted by molar-refractivity contribution is 6.02. The van der Waals surface area contributed by atoms with Gasteiger partial charge in [-0.1, -0.05) is 25.1 Å². The lowest BCUT2D eigenvalue weighted by atomic mass is 10.0. The van der Waals surface area contributed by atoms with E-state index in [4.69, 9.17) is 0 Å². The molecule has 1 aliphatic heterocycles. The van der Waals surface area contributed by atoms with Gasteiger partial charge in [0.15, 0.2) is 11.6 Å². The van der Waals surface area contributed by atoms with E-state index < -0.39 is 53.2 Å². The van der Waals surface area contributed by atoms with Crippen molar-refractivity contribution >= 4 is 23.4 Å². The Balaban J connectivity index is 1.60. The molecule has 1 aliphatic carbocycles. The van der Waals surface area contributed by atoms with E-state index in [1.165, 1.54) is 18.2 Å². The molecule has 3 amide bonds. The molecule has 0 spiro atoms. The van der Waals surface area contributed by atoms with Crippen LogP contribution in [0.4, 0.5) is 23.2 Å². The van der Waals surface area contributed by atoms with E-state index in [0.717, 1.165) is 4.90 Å². The topological polar surface area (TPSA) is 78.5 Å². The van der Waals surface area contributed by atoms with Gasteiger partial charge in [-0.2, -0.15) is 0 Å². The second kappa shape index (κ2) is 10.5. The molecule has 2 aromatic carbocycles. The number of amides is 3. The zero-order valence-electron chi connectivity index (χ0n) is 20.8. The lowest BCUT2D eigenvalue weighted by Crippen LogP contribution is -2.56. The first kappa shape index (κ1) is 26.6. The predicted molar refractivity (Wildman–Crippen MR) is 128 cm³/mol. The molecule has 6 nitrogen and oxygen atoms in total. The Morgan fingerprint density at radius 3 is 2.38 bits per heavy atom. The smallest absolute Gasteiger partial charge is 0.249 e. The average Bonchev–Trinajstić information content (AvgIpc) is 3.60. The van der Waals surface area contributed by atoms with Gasteiger partial charge >= 0.3 is 0 Å². The molecule has 4 unspecified atom stereocenters. The maximum atomic E-state index is 14.8. The quantitative estimate of drug-likeness (QED) is 0.432. The van der Waals surface area contributed by atoms with Crippen molar-refractivity contribution in [1.82, 2.24) is 10.6 Å². The highest BCUT2D eigenvalue weighted by Gasteiger charge is 2.42. The van der Waals surface area contributed by atoms with Gasteiger partial charge in [0.25, 0.3) is 0 Å². The van der Waals surface area contributed by atoms with Gasteiger partial charge in [0.1, 0.15) is 23.7 Å². The minimum atomic E-state index is -1.36. The summed E-state index contributed by atoms with van der Waals surface area (Å²) in [5.74, 6) is -6.08. The van der Waals surface area contributed by atoms with E-state index >= 15 is 0 Å². The number of fused-ring (bicyclic) bond motifs is 1. The third kappa shape index (κ3) is 5.47. The number of anilines is 1. The maximum Gasteiger partial charge on any atom is 0.249 e. The summed E-state index contributed by atoms with van der Waals surface area (Å²) >= 11 is 0. The summed E-state index contributed by atoms with van der Waals surface area (Å²) in [4.78, 5) is 40.4. The third-order valence-corrected chi connectivity index (χ3v) is 6.99. The van der Waals surface area contributed by atoms with Gasteiger partial charge in [-0.25, -0.2) is 17.6 Å². The Labute approximate surface area is 212 Å². The monoisotopic (exact) mass is 519 g/mol. The molecule has 1 saturated carbocycles. The highest BCUT2D eigenvalue weighted by Crippen LogP contribution is 2.38. The third-order valence-electron chi connectivity index (χ3n) is 6.99. The first-order valence-electron chi connectivity index (χ1n) is 12.3. The number of hydrogen-bond donors (Lipinski definition) is 2. The first-order chi connectivity index (χ1) is 17.5. The standard InChI is InChI=1S/C27H29F4N3O3/c1-13(2)34-24-16(23(31)19(29)12-20(24)30)8-9-21(27(34)37)32-26(36)22(33-25(35)17-10-14(17)3)11-15-6-4-5-7-18(15)28/h4-7,12-14,17,21-22H,8-11H2,1-3H3,(H,32,36)(H,33,35). The largest absolute Gasteiger partial charge is 0.344 e. The fourth-order valence-electron chi connectivity index (χ4n) is 4.79. The van der Waals surface area contributed by atoms with Crippen LogP contribution in [0.1, 0.15) is 44.7 Å². The van der Waals surface area contributed by atoms with E-state index in [1.54, 1.807) is 19.9 Å². The summed E-state index contributed by atoms with van der Waals surface area (Å²) in [5.41, 5.74) is -0.431. The molecular weight excluding hydrogens is 490 g/mol. The van der Waals surface area contributed by atoms with Crippen molar-refractivity contribution in [3.05, 3.63) is 64.7 Å². The van der Waals surface area contributed by atoms with E-state index in [2.05, 4.69) is 10.6 Å². The number of hydrogen-bond acceptors (Lipinski definition) is 3. The lowest BCUT2D eigenvalue weighted by Gasteiger charge is -2.30. The van der Waals surface area contributed by atoms with Crippen LogP contribution in [0.3, 0.4) is 0 Å². The van der Waals surface area contributed by atoms with Gasteiger partial charge in [-0.3, -0.25) is 14.4 Å². The van der Waals surface area contributed by atoms with Crippen molar-refractivity contribution in [1.29, 1.82) is 0 Å². The van der Waals surface area contributed by atoms with Crippen molar-refractivity contribution in [2.45, 2.75) is 64.6 Å². The molecule has 2 aromatic rings. The Morgan fingerprint density at radius 1 is 1.08 bits per heavy atom. The molecular formula is C27H29F4N3O3. The van der Waals surface area contributed by atoms with Crippen LogP contribution in [0, 0.1) is 35.1 Å². The van der Waals surface area contributed by atoms with Gasteiger partial charge in [0.05, 0.1) is 5.69 Å². The minimum absolute atomic E-state index is 0.124. The van der Waals surface area contributed by atoms with Crippen molar-refractivity contribution in [3.63, 3.8) is 0 Å². The van der Waals surface area contributed by atoms with Gasteiger partial charge in [0, 0.05) is 30.0 Å². The number of carbonyl (C=O) groups is 3. The Bertz CT molecular complexity index is 1240. The molecule has 0 bridgehead atoms. The molecule has 0 aromatic heterocycles. The summed E-state index contributed by atoms with van der Waals surface area (Å²) in [7, 11) is 0. The van der Waals surface area contributed by atoms with Gasteiger partial charge in [0.2, 0.25) is 17.7 Å². The van der Waals surface area contributed by atoms with Crippen LogP contribution in [0.15, 0.2) is 30.3 Å². The van der Waals surface area contributed by atoms with Crippen LogP contribution in [0.25, 0.3) is 0 Å². The van der Waals surface area contributed by atoms with Crippen molar-refractivity contribution in [2.75, 3.05) is 4.90 Å². The number of halogens is 4. The second-order valence-corrected chi connectivity index (χ2v) is 10.1. The number of nitrogens with zero attached hydrogens (tertiary/aromatic N) is 1. The van der Waals surface area contributed by atoms with Crippen LogP contribution in [-0.2, 0) is 27.2 Å². The van der Waals surface area contributed by atoms with E-state index in [9.17, 15) is 31.9 Å². The normalized spacial score (nSPS) is 21.8. The molecule has 0 saturated heterocycles. The number of rotatable bonds is 7. The molecule has 37 heavy (non-hydrogen) atoms. The molecule has 1 heterocycles. The minimum Gasteiger partial charge on any atom is -0.344 e. The fraction of sp³-hybridized carbons (Fsp3) is 0.444. The second-order valence-electron chi connectivity index (χ2n) is 10.1. The molecule has 10 heteroatoms.